The van der Waals surface area contributed by atoms with E-state index >= 15 is 0 Å². The minimum Gasteiger partial charge on any atom is -0.497 e. The van der Waals surface area contributed by atoms with E-state index in [0.717, 1.165) is 23.4 Å². The number of hydrogen-bond donors (Lipinski definition) is 1. The minimum absolute atomic E-state index is 0. The van der Waals surface area contributed by atoms with Crippen LogP contribution in [0.5, 0.6) is 5.75 Å². The Bertz CT molecular complexity index is 470. The van der Waals surface area contributed by atoms with Crippen LogP contribution in [-0.4, -0.2) is 23.4 Å². The fourth-order valence-corrected chi connectivity index (χ4v) is 1.57. The van der Waals surface area contributed by atoms with Gasteiger partial charge in [-0.1, -0.05) is 12.1 Å². The van der Waals surface area contributed by atoms with Crippen LogP contribution in [-0.2, 0) is 6.54 Å². The van der Waals surface area contributed by atoms with Crippen LogP contribution in [0.4, 0.5) is 0 Å². The van der Waals surface area contributed by atoms with Crippen LogP contribution in [0, 0.1) is 0 Å². The molecule has 0 aliphatic heterocycles. The van der Waals surface area contributed by atoms with Crippen molar-refractivity contribution in [2.45, 2.75) is 6.54 Å². The van der Waals surface area contributed by atoms with Gasteiger partial charge in [-0.2, -0.15) is 5.10 Å². The average Bonchev–Trinajstić information content (AvgIpc) is 2.78. The van der Waals surface area contributed by atoms with E-state index in [-0.39, 0.29) is 12.4 Å². The first-order valence-corrected chi connectivity index (χ1v) is 5.20. The Balaban J connectivity index is 0.00000144. The van der Waals surface area contributed by atoms with Crippen LogP contribution < -0.4 is 10.5 Å². The number of aromatic nitrogens is 2. The molecule has 4 nitrogen and oxygen atoms in total. The molecule has 1 aromatic heterocycles. The number of halogens is 1. The van der Waals surface area contributed by atoms with Gasteiger partial charge in [0.2, 0.25) is 0 Å². The van der Waals surface area contributed by atoms with Crippen molar-refractivity contribution in [3.63, 3.8) is 0 Å². The summed E-state index contributed by atoms with van der Waals surface area (Å²) in [7, 11) is 1.66. The third-order valence-corrected chi connectivity index (χ3v) is 2.39. The third kappa shape index (κ3) is 3.22. The van der Waals surface area contributed by atoms with Gasteiger partial charge in [0, 0.05) is 18.3 Å². The maximum atomic E-state index is 5.47. The fraction of sp³-hybridized carbons (Fsp3) is 0.250. The van der Waals surface area contributed by atoms with Crippen molar-refractivity contribution < 1.29 is 4.74 Å². The van der Waals surface area contributed by atoms with Gasteiger partial charge in [0.25, 0.3) is 0 Å². The molecule has 0 bridgehead atoms. The van der Waals surface area contributed by atoms with Crippen LogP contribution in [0.15, 0.2) is 36.7 Å². The van der Waals surface area contributed by atoms with Gasteiger partial charge in [-0.15, -0.1) is 12.4 Å². The summed E-state index contributed by atoms with van der Waals surface area (Å²) in [5, 5.41) is 4.23. The minimum atomic E-state index is 0. The summed E-state index contributed by atoms with van der Waals surface area (Å²) in [5.74, 6) is 0.851. The van der Waals surface area contributed by atoms with E-state index < -0.39 is 0 Å². The lowest BCUT2D eigenvalue weighted by Gasteiger charge is -2.01. The van der Waals surface area contributed by atoms with E-state index in [4.69, 9.17) is 10.5 Å². The van der Waals surface area contributed by atoms with Gasteiger partial charge in [0.15, 0.2) is 0 Å². The van der Waals surface area contributed by atoms with Crippen LogP contribution in [0.1, 0.15) is 0 Å². The number of benzene rings is 1. The first-order valence-electron chi connectivity index (χ1n) is 5.20. The Morgan fingerprint density at radius 3 is 2.88 bits per heavy atom. The van der Waals surface area contributed by atoms with Gasteiger partial charge < -0.3 is 10.5 Å². The second-order valence-corrected chi connectivity index (χ2v) is 3.51. The Morgan fingerprint density at radius 1 is 1.35 bits per heavy atom. The molecule has 1 aromatic carbocycles. The molecular formula is C12H16ClN3O. The van der Waals surface area contributed by atoms with Gasteiger partial charge in [0.05, 0.1) is 19.9 Å². The molecular weight excluding hydrogens is 238 g/mol. The topological polar surface area (TPSA) is 53.1 Å². The van der Waals surface area contributed by atoms with Crippen molar-refractivity contribution in [2.75, 3.05) is 13.7 Å². The molecule has 0 saturated heterocycles. The summed E-state index contributed by atoms with van der Waals surface area (Å²) < 4.78 is 7.03. The van der Waals surface area contributed by atoms with Crippen molar-refractivity contribution in [2.24, 2.45) is 5.73 Å². The monoisotopic (exact) mass is 253 g/mol. The highest BCUT2D eigenvalue weighted by atomic mass is 35.5. The number of nitrogens with two attached hydrogens (primary N) is 1. The molecule has 0 unspecified atom stereocenters. The summed E-state index contributed by atoms with van der Waals surface area (Å²) >= 11 is 0. The summed E-state index contributed by atoms with van der Waals surface area (Å²) in [4.78, 5) is 0. The number of hydrogen-bond acceptors (Lipinski definition) is 3. The first kappa shape index (κ1) is 13.5. The van der Waals surface area contributed by atoms with E-state index in [0.29, 0.717) is 6.54 Å². The Hall–Kier alpha value is -1.52. The van der Waals surface area contributed by atoms with E-state index in [2.05, 4.69) is 5.10 Å². The van der Waals surface area contributed by atoms with E-state index in [9.17, 15) is 0 Å². The molecule has 0 spiro atoms. The van der Waals surface area contributed by atoms with Gasteiger partial charge in [-0.3, -0.25) is 4.68 Å². The fourth-order valence-electron chi connectivity index (χ4n) is 1.57. The molecule has 2 N–H and O–H groups in total. The quantitative estimate of drug-likeness (QED) is 0.906. The lowest BCUT2D eigenvalue weighted by atomic mass is 10.1. The van der Waals surface area contributed by atoms with Crippen molar-refractivity contribution >= 4 is 12.4 Å². The number of ether oxygens (including phenoxy) is 1. The molecule has 0 atom stereocenters. The van der Waals surface area contributed by atoms with Gasteiger partial charge in [-0.05, 0) is 17.7 Å². The zero-order valence-corrected chi connectivity index (χ0v) is 10.5. The Kier molecular flexibility index (Phi) is 5.00. The van der Waals surface area contributed by atoms with Gasteiger partial charge in [0.1, 0.15) is 5.75 Å². The highest BCUT2D eigenvalue weighted by Crippen LogP contribution is 2.22. The van der Waals surface area contributed by atoms with Crippen molar-refractivity contribution in [3.05, 3.63) is 36.7 Å². The van der Waals surface area contributed by atoms with Crippen molar-refractivity contribution in [1.29, 1.82) is 0 Å². The SMILES string of the molecule is COc1cccc(-c2cnn(CCN)c2)c1.Cl. The second-order valence-electron chi connectivity index (χ2n) is 3.51. The molecule has 0 aliphatic rings. The smallest absolute Gasteiger partial charge is 0.119 e. The highest BCUT2D eigenvalue weighted by Gasteiger charge is 2.02. The van der Waals surface area contributed by atoms with Gasteiger partial charge >= 0.3 is 0 Å². The first-order chi connectivity index (χ1) is 7.83. The maximum Gasteiger partial charge on any atom is 0.119 e. The lowest BCUT2D eigenvalue weighted by molar-refractivity contribution is 0.415. The standard InChI is InChI=1S/C12H15N3O.ClH/c1-16-12-4-2-3-10(7-12)11-8-14-15(9-11)6-5-13;/h2-4,7-9H,5-6,13H2,1H3;1H. The second kappa shape index (κ2) is 6.27. The van der Waals surface area contributed by atoms with Crippen molar-refractivity contribution in [1.82, 2.24) is 9.78 Å². The molecule has 17 heavy (non-hydrogen) atoms. The van der Waals surface area contributed by atoms with E-state index in [1.54, 1.807) is 7.11 Å². The van der Waals surface area contributed by atoms with E-state index in [1.807, 2.05) is 41.3 Å². The Morgan fingerprint density at radius 2 is 2.18 bits per heavy atom. The molecule has 5 heteroatoms. The molecule has 0 aliphatic carbocycles. The molecule has 0 saturated carbocycles. The maximum absolute atomic E-state index is 5.47. The summed E-state index contributed by atoms with van der Waals surface area (Å²) in [5.41, 5.74) is 7.65. The molecule has 0 fully saturated rings. The molecule has 2 aromatic rings. The van der Waals surface area contributed by atoms with Crippen LogP contribution in [0.25, 0.3) is 11.1 Å². The van der Waals surface area contributed by atoms with Crippen molar-refractivity contribution in [3.8, 4) is 16.9 Å². The zero-order chi connectivity index (χ0) is 11.4. The molecule has 0 amide bonds. The van der Waals surface area contributed by atoms with Crippen LogP contribution >= 0.6 is 12.4 Å². The number of methoxy groups -OCH3 is 1. The molecule has 92 valence electrons. The van der Waals surface area contributed by atoms with Crippen LogP contribution in [0.2, 0.25) is 0 Å². The average molecular weight is 254 g/mol. The summed E-state index contributed by atoms with van der Waals surface area (Å²) in [6.07, 6.45) is 3.83. The zero-order valence-electron chi connectivity index (χ0n) is 9.67. The predicted molar refractivity (Wildman–Crippen MR) is 70.5 cm³/mol. The predicted octanol–water partition coefficient (Wildman–Crippen LogP) is 1.94. The van der Waals surface area contributed by atoms with E-state index in [1.165, 1.54) is 0 Å². The summed E-state index contributed by atoms with van der Waals surface area (Å²) in [6, 6.07) is 7.92. The van der Waals surface area contributed by atoms with Crippen LogP contribution in [0.3, 0.4) is 0 Å². The number of nitrogens with zero attached hydrogens (tertiary/aromatic N) is 2. The molecule has 1 heterocycles. The highest BCUT2D eigenvalue weighted by molar-refractivity contribution is 5.85. The largest absolute Gasteiger partial charge is 0.497 e. The summed E-state index contributed by atoms with van der Waals surface area (Å²) in [6.45, 7) is 1.34. The van der Waals surface area contributed by atoms with Gasteiger partial charge in [-0.25, -0.2) is 0 Å². The number of rotatable bonds is 4. The molecule has 0 radical (unpaired) electrons. The third-order valence-electron chi connectivity index (χ3n) is 2.39. The molecule has 2 rings (SSSR count). The normalized spacial score (nSPS) is 9.76. The lowest BCUT2D eigenvalue weighted by Crippen LogP contribution is -2.09. The Labute approximate surface area is 107 Å².